The average molecular weight is 312 g/mol. The van der Waals surface area contributed by atoms with Crippen molar-refractivity contribution in [3.8, 4) is 0 Å². The highest BCUT2D eigenvalue weighted by molar-refractivity contribution is 6.30. The summed E-state index contributed by atoms with van der Waals surface area (Å²) in [4.78, 5) is 14.2. The second kappa shape index (κ2) is 9.64. The van der Waals surface area contributed by atoms with E-state index in [0.29, 0.717) is 5.02 Å². The molecule has 0 aliphatic rings. The Hall–Kier alpha value is -1.26. The number of rotatable bonds is 8. The second-order valence-corrected chi connectivity index (χ2v) is 5.61. The fourth-order valence-corrected chi connectivity index (χ4v) is 2.28. The number of hydrogen-bond acceptors (Lipinski definition) is 2. The molecule has 1 rings (SSSR count). The minimum absolute atomic E-state index is 0.160. The first kappa shape index (κ1) is 17.8. The third kappa shape index (κ3) is 7.34. The van der Waals surface area contributed by atoms with Gasteiger partial charge in [-0.15, -0.1) is 0 Å². The molecule has 0 fully saturated rings. The van der Waals surface area contributed by atoms with E-state index in [1.165, 1.54) is 0 Å². The van der Waals surface area contributed by atoms with Gasteiger partial charge in [0.15, 0.2) is 0 Å². The molecular weight excluding hydrogens is 286 g/mol. The number of benzene rings is 1. The molecule has 0 aliphatic heterocycles. The molecule has 0 spiro atoms. The maximum absolute atomic E-state index is 11.9. The number of carbonyl (C=O) groups excluding carboxylic acids is 1. The highest BCUT2D eigenvalue weighted by Gasteiger charge is 2.08. The van der Waals surface area contributed by atoms with Crippen molar-refractivity contribution in [2.24, 2.45) is 0 Å². The Kier molecular flexibility index (Phi) is 8.16. The lowest BCUT2D eigenvalue weighted by molar-refractivity contribution is 0.247. The number of nitrogens with one attached hydrogen (secondary N) is 2. The van der Waals surface area contributed by atoms with Gasteiger partial charge >= 0.3 is 6.03 Å². The largest absolute Gasteiger partial charge is 0.335 e. The first-order valence-electron chi connectivity index (χ1n) is 7.60. The molecule has 1 aromatic carbocycles. The molecule has 0 aliphatic carbocycles. The van der Waals surface area contributed by atoms with Crippen molar-refractivity contribution in [3.63, 3.8) is 0 Å². The van der Waals surface area contributed by atoms with E-state index in [2.05, 4.69) is 29.4 Å². The van der Waals surface area contributed by atoms with Crippen LogP contribution in [0.1, 0.15) is 33.6 Å². The Morgan fingerprint density at radius 1 is 1.24 bits per heavy atom. The number of nitrogens with zero attached hydrogens (tertiary/aromatic N) is 1. The van der Waals surface area contributed by atoms with Crippen LogP contribution in [0.15, 0.2) is 24.3 Å². The van der Waals surface area contributed by atoms with Crippen LogP contribution in [-0.2, 0) is 0 Å². The molecular formula is C16H26ClN3O. The molecule has 4 nitrogen and oxygen atoms in total. The predicted molar refractivity (Wildman–Crippen MR) is 90.1 cm³/mol. The summed E-state index contributed by atoms with van der Waals surface area (Å²) in [6, 6.07) is 7.07. The van der Waals surface area contributed by atoms with E-state index >= 15 is 0 Å². The van der Waals surface area contributed by atoms with Gasteiger partial charge in [0.1, 0.15) is 0 Å². The molecule has 0 heterocycles. The van der Waals surface area contributed by atoms with Crippen LogP contribution in [0.3, 0.4) is 0 Å². The van der Waals surface area contributed by atoms with Crippen LogP contribution >= 0.6 is 11.6 Å². The van der Waals surface area contributed by atoms with Crippen LogP contribution in [0, 0.1) is 0 Å². The first-order chi connectivity index (χ1) is 10.0. The van der Waals surface area contributed by atoms with Gasteiger partial charge in [-0.25, -0.2) is 4.79 Å². The fraction of sp³-hybridized carbons (Fsp3) is 0.562. The summed E-state index contributed by atoms with van der Waals surface area (Å²) in [7, 11) is 0. The van der Waals surface area contributed by atoms with Crippen molar-refractivity contribution in [1.29, 1.82) is 0 Å². The van der Waals surface area contributed by atoms with Crippen molar-refractivity contribution in [2.45, 2.75) is 39.7 Å². The average Bonchev–Trinajstić information content (AvgIpc) is 2.46. The van der Waals surface area contributed by atoms with Gasteiger partial charge in [0, 0.05) is 16.8 Å². The zero-order chi connectivity index (χ0) is 15.7. The number of hydrogen-bond donors (Lipinski definition) is 2. The van der Waals surface area contributed by atoms with Crippen LogP contribution in [0.2, 0.25) is 5.02 Å². The van der Waals surface area contributed by atoms with Crippen molar-refractivity contribution >= 4 is 23.3 Å². The maximum Gasteiger partial charge on any atom is 0.319 e. The molecule has 0 saturated heterocycles. The lowest BCUT2D eigenvalue weighted by Crippen LogP contribution is -2.36. The first-order valence-corrected chi connectivity index (χ1v) is 7.98. The Bertz CT molecular complexity index is 418. The normalized spacial score (nSPS) is 12.2. The van der Waals surface area contributed by atoms with Crippen molar-refractivity contribution in [1.82, 2.24) is 10.2 Å². The molecule has 2 N–H and O–H groups in total. The van der Waals surface area contributed by atoms with E-state index < -0.39 is 0 Å². The quantitative estimate of drug-likeness (QED) is 0.763. The zero-order valence-corrected chi connectivity index (χ0v) is 13.9. The molecule has 1 atom stereocenters. The molecule has 0 bridgehead atoms. The standard InChI is InChI=1S/C16H26ClN3O/c1-4-20(5-2)12-6-7-13(3)18-16(21)19-15-10-8-14(17)9-11-15/h8-11,13H,4-7,12H2,1-3H3,(H2,18,19,21)/t13-/m1/s1. The Morgan fingerprint density at radius 3 is 2.43 bits per heavy atom. The fourth-order valence-electron chi connectivity index (χ4n) is 2.16. The molecule has 1 aromatic rings. The summed E-state index contributed by atoms with van der Waals surface area (Å²) in [5.74, 6) is 0. The van der Waals surface area contributed by atoms with Crippen molar-refractivity contribution < 1.29 is 4.79 Å². The SMILES string of the molecule is CCN(CC)CCC[C@@H](C)NC(=O)Nc1ccc(Cl)cc1. The van der Waals surface area contributed by atoms with Gasteiger partial charge in [-0.3, -0.25) is 0 Å². The third-order valence-corrected chi connectivity index (χ3v) is 3.74. The van der Waals surface area contributed by atoms with E-state index in [1.54, 1.807) is 24.3 Å². The zero-order valence-electron chi connectivity index (χ0n) is 13.2. The maximum atomic E-state index is 11.9. The minimum atomic E-state index is -0.173. The van der Waals surface area contributed by atoms with E-state index in [0.717, 1.165) is 38.2 Å². The van der Waals surface area contributed by atoms with E-state index in [4.69, 9.17) is 11.6 Å². The van der Waals surface area contributed by atoms with Crippen molar-refractivity contribution in [2.75, 3.05) is 25.0 Å². The lowest BCUT2D eigenvalue weighted by atomic mass is 10.2. The molecule has 21 heavy (non-hydrogen) atoms. The van der Waals surface area contributed by atoms with Crippen LogP contribution < -0.4 is 10.6 Å². The van der Waals surface area contributed by atoms with Gasteiger partial charge in [0.25, 0.3) is 0 Å². The Morgan fingerprint density at radius 2 is 1.86 bits per heavy atom. The summed E-state index contributed by atoms with van der Waals surface area (Å²) >= 11 is 5.81. The number of anilines is 1. The van der Waals surface area contributed by atoms with Gasteiger partial charge in [-0.2, -0.15) is 0 Å². The van der Waals surface area contributed by atoms with Gasteiger partial charge < -0.3 is 15.5 Å². The molecule has 0 radical (unpaired) electrons. The molecule has 0 aromatic heterocycles. The van der Waals surface area contributed by atoms with Gasteiger partial charge in [-0.1, -0.05) is 25.4 Å². The number of amides is 2. The number of carbonyl (C=O) groups is 1. The van der Waals surface area contributed by atoms with Gasteiger partial charge in [-0.05, 0) is 63.7 Å². The molecule has 5 heteroatoms. The molecule has 0 saturated carbocycles. The molecule has 118 valence electrons. The highest BCUT2D eigenvalue weighted by Crippen LogP contribution is 2.13. The smallest absolute Gasteiger partial charge is 0.319 e. The van der Waals surface area contributed by atoms with Gasteiger partial charge in [0.05, 0.1) is 0 Å². The third-order valence-electron chi connectivity index (χ3n) is 3.49. The Balaban J connectivity index is 2.25. The summed E-state index contributed by atoms with van der Waals surface area (Å²) < 4.78 is 0. The van der Waals surface area contributed by atoms with E-state index in [-0.39, 0.29) is 12.1 Å². The second-order valence-electron chi connectivity index (χ2n) is 5.18. The lowest BCUT2D eigenvalue weighted by Gasteiger charge is -2.20. The summed E-state index contributed by atoms with van der Waals surface area (Å²) in [6.45, 7) is 9.61. The van der Waals surface area contributed by atoms with Gasteiger partial charge in [0.2, 0.25) is 0 Å². The van der Waals surface area contributed by atoms with Crippen LogP contribution in [0.4, 0.5) is 10.5 Å². The van der Waals surface area contributed by atoms with Crippen LogP contribution in [-0.4, -0.2) is 36.6 Å². The van der Waals surface area contributed by atoms with Crippen LogP contribution in [0.5, 0.6) is 0 Å². The summed E-state index contributed by atoms with van der Waals surface area (Å²) in [6.07, 6.45) is 2.06. The highest BCUT2D eigenvalue weighted by atomic mass is 35.5. The van der Waals surface area contributed by atoms with E-state index in [1.807, 2.05) is 6.92 Å². The van der Waals surface area contributed by atoms with Crippen LogP contribution in [0.25, 0.3) is 0 Å². The van der Waals surface area contributed by atoms with Crippen molar-refractivity contribution in [3.05, 3.63) is 29.3 Å². The predicted octanol–water partition coefficient (Wildman–Crippen LogP) is 3.97. The topological polar surface area (TPSA) is 44.4 Å². The molecule has 0 unspecified atom stereocenters. The Labute approximate surface area is 132 Å². The number of halogens is 1. The summed E-state index contributed by atoms with van der Waals surface area (Å²) in [5, 5.41) is 6.41. The monoisotopic (exact) mass is 311 g/mol. The molecule has 2 amide bonds. The summed E-state index contributed by atoms with van der Waals surface area (Å²) in [5.41, 5.74) is 0.743. The number of urea groups is 1. The van der Waals surface area contributed by atoms with E-state index in [9.17, 15) is 4.79 Å². The minimum Gasteiger partial charge on any atom is -0.335 e.